The lowest BCUT2D eigenvalue weighted by Gasteiger charge is -2.46. The maximum absolute atomic E-state index is 13.6. The molecule has 2 aliphatic heterocycles. The largest absolute Gasteiger partial charge is 0.384 e. The molecule has 8 rings (SSSR count). The van der Waals surface area contributed by atoms with Crippen LogP contribution in [-0.2, 0) is 38.1 Å². The third kappa shape index (κ3) is 12.1. The number of anilines is 2. The summed E-state index contributed by atoms with van der Waals surface area (Å²) in [5, 5.41) is 8.68. The van der Waals surface area contributed by atoms with Crippen LogP contribution < -0.4 is 20.9 Å². The van der Waals surface area contributed by atoms with Crippen LogP contribution in [0.15, 0.2) is 65.3 Å². The maximum Gasteiger partial charge on any atom is 0.229 e. The molecule has 2 aromatic rings. The van der Waals surface area contributed by atoms with Crippen LogP contribution in [0.4, 0.5) is 11.4 Å². The minimum atomic E-state index is -0.527. The van der Waals surface area contributed by atoms with Crippen LogP contribution in [0.3, 0.4) is 0 Å². The summed E-state index contributed by atoms with van der Waals surface area (Å²) in [5.41, 5.74) is 7.50. The second-order valence-corrected chi connectivity index (χ2v) is 21.1. The molecule has 392 valence electrons. The molecule has 73 heavy (non-hydrogen) atoms. The molecule has 14 heteroatoms. The van der Waals surface area contributed by atoms with Crippen molar-refractivity contribution in [3.63, 3.8) is 0 Å². The van der Waals surface area contributed by atoms with Crippen LogP contribution in [0, 0.1) is 41.4 Å². The van der Waals surface area contributed by atoms with Gasteiger partial charge in [-0.15, -0.1) is 5.92 Å². The van der Waals surface area contributed by atoms with Crippen molar-refractivity contribution in [3.8, 4) is 11.8 Å². The molecule has 14 nitrogen and oxygen atoms in total. The third-order valence-electron chi connectivity index (χ3n) is 16.7. The van der Waals surface area contributed by atoms with Gasteiger partial charge in [-0.05, 0) is 137 Å². The monoisotopic (exact) mass is 1000 g/mol. The fraction of sp³-hybridized carbons (Fsp3) is 0.593. The van der Waals surface area contributed by atoms with Crippen LogP contribution in [0.1, 0.15) is 143 Å². The van der Waals surface area contributed by atoms with Gasteiger partial charge in [-0.25, -0.2) is 0 Å². The molecule has 0 radical (unpaired) electrons. The first-order valence-electron chi connectivity index (χ1n) is 26.9. The van der Waals surface area contributed by atoms with Gasteiger partial charge in [-0.2, -0.15) is 0 Å². The molecule has 3 amide bonds. The van der Waals surface area contributed by atoms with Gasteiger partial charge >= 0.3 is 0 Å². The van der Waals surface area contributed by atoms with E-state index in [1.807, 2.05) is 19.9 Å². The van der Waals surface area contributed by atoms with Crippen LogP contribution >= 0.6 is 0 Å². The highest BCUT2D eigenvalue weighted by molar-refractivity contribution is 6.12. The Morgan fingerprint density at radius 3 is 2.32 bits per heavy atom. The van der Waals surface area contributed by atoms with Gasteiger partial charge in [0, 0.05) is 93.9 Å². The molecule has 4 fully saturated rings. The zero-order chi connectivity index (χ0) is 51.7. The molecule has 0 bridgehead atoms. The number of nitrogens with one attached hydrogen (secondary N) is 3. The number of epoxide rings is 1. The van der Waals surface area contributed by atoms with Gasteiger partial charge < -0.3 is 34.5 Å². The molecular weight excluding hydrogens is 925 g/mol. The van der Waals surface area contributed by atoms with Crippen LogP contribution in [0.5, 0.6) is 0 Å². The Kier molecular flexibility index (Phi) is 17.9. The van der Waals surface area contributed by atoms with E-state index in [0.717, 1.165) is 57.2 Å². The normalized spacial score (nSPS) is 25.7. The van der Waals surface area contributed by atoms with Gasteiger partial charge in [0.15, 0.2) is 23.0 Å². The van der Waals surface area contributed by atoms with E-state index in [2.05, 4.69) is 64.0 Å². The number of ether oxygens (including phenoxy) is 4. The first-order chi connectivity index (χ1) is 35.3. The number of rotatable bonds is 26. The maximum atomic E-state index is 13.6. The number of carbonyl (C=O) groups is 6. The number of hydrogen-bond donors (Lipinski definition) is 3. The molecule has 0 aromatic heterocycles. The summed E-state index contributed by atoms with van der Waals surface area (Å²) < 4.78 is 23.8. The van der Waals surface area contributed by atoms with E-state index in [9.17, 15) is 28.8 Å². The molecule has 2 heterocycles. The van der Waals surface area contributed by atoms with Crippen molar-refractivity contribution in [1.29, 1.82) is 0 Å². The third-order valence-corrected chi connectivity index (χ3v) is 16.7. The lowest BCUT2D eigenvalue weighted by atomic mass is 9.57. The SMILES string of the molecule is CC#CC12CCC3C4CCC5=CC(=O)CCC5=C4C(c4ccc(N(C)CCCC(=O)NCCCOCCOCCOCCCNc5cccc(C(=O)C(C)C(C)C6CCC(=O)NC6=O)c5C(C)=O)cc4)CC31O2. The van der Waals surface area contributed by atoms with Crippen molar-refractivity contribution in [2.45, 2.75) is 128 Å². The smallest absolute Gasteiger partial charge is 0.229 e. The van der Waals surface area contributed by atoms with Gasteiger partial charge in [0.25, 0.3) is 0 Å². The van der Waals surface area contributed by atoms with E-state index in [1.54, 1.807) is 30.7 Å². The molecule has 2 saturated carbocycles. The van der Waals surface area contributed by atoms with E-state index >= 15 is 0 Å². The fourth-order valence-corrected chi connectivity index (χ4v) is 12.7. The number of benzene rings is 2. The summed E-state index contributed by atoms with van der Waals surface area (Å²) >= 11 is 0. The summed E-state index contributed by atoms with van der Waals surface area (Å²) in [5.74, 6) is 5.86. The minimum absolute atomic E-state index is 0.0388. The molecule has 8 unspecified atom stereocenters. The van der Waals surface area contributed by atoms with Gasteiger partial charge in [0.1, 0.15) is 5.60 Å². The second-order valence-electron chi connectivity index (χ2n) is 21.1. The lowest BCUT2D eigenvalue weighted by molar-refractivity contribution is -0.138. The Morgan fingerprint density at radius 2 is 1.60 bits per heavy atom. The van der Waals surface area contributed by atoms with Crippen molar-refractivity contribution in [2.75, 3.05) is 76.5 Å². The minimum Gasteiger partial charge on any atom is -0.384 e. The van der Waals surface area contributed by atoms with Crippen molar-refractivity contribution >= 4 is 46.4 Å². The predicted octanol–water partition coefficient (Wildman–Crippen LogP) is 8.10. The number of allylic oxidation sites excluding steroid dienone is 4. The van der Waals surface area contributed by atoms with Crippen molar-refractivity contribution in [2.24, 2.45) is 29.6 Å². The molecule has 3 N–H and O–H groups in total. The average molecular weight is 1000 g/mol. The quantitative estimate of drug-likeness (QED) is 0.0271. The Morgan fingerprint density at radius 1 is 0.877 bits per heavy atom. The molecular formula is C59H76N4O10. The molecule has 4 aliphatic carbocycles. The Bertz CT molecular complexity index is 2520. The fourth-order valence-electron chi connectivity index (χ4n) is 12.7. The summed E-state index contributed by atoms with van der Waals surface area (Å²) in [7, 11) is 2.08. The van der Waals surface area contributed by atoms with Crippen molar-refractivity contribution in [1.82, 2.24) is 10.6 Å². The number of piperidine rings is 1. The summed E-state index contributed by atoms with van der Waals surface area (Å²) in [6, 6.07) is 14.2. The molecule has 8 atom stereocenters. The highest BCUT2D eigenvalue weighted by atomic mass is 16.6. The summed E-state index contributed by atoms with van der Waals surface area (Å²) in [6.07, 6.45) is 11.8. The molecule has 6 aliphatic rings. The van der Waals surface area contributed by atoms with E-state index in [4.69, 9.17) is 18.9 Å². The molecule has 2 saturated heterocycles. The standard InChI is InChI=1S/C59H76N4O10/c1-6-25-58-26-24-50-47-20-16-42-36-44(65)19-21-46(42)55(47)49(37-59(50,58)73-58)41-14-17-43(18-15-41)63(5)29-8-13-52(66)61-28-10-31-71-33-35-72-34-32-70-30-9-27-60-51-12-7-11-48(54(51)40(4)64)56(68)39(3)38(2)45-22-23-53(67)62-57(45)69/h7,11-12,14-15,17-18,36,38-39,45,47,49-50,60H,8-10,13,16,19-24,26-35,37H2,1-5H3,(H,61,66)(H,62,67,69). The van der Waals surface area contributed by atoms with Gasteiger partial charge in [-0.3, -0.25) is 34.1 Å². The summed E-state index contributed by atoms with van der Waals surface area (Å²) in [4.78, 5) is 77.8. The molecule has 2 aromatic carbocycles. The second kappa shape index (κ2) is 24.3. The van der Waals surface area contributed by atoms with Gasteiger partial charge in [-0.1, -0.05) is 49.6 Å². The highest BCUT2D eigenvalue weighted by Gasteiger charge is 2.79. The zero-order valence-corrected chi connectivity index (χ0v) is 43.7. The van der Waals surface area contributed by atoms with Crippen LogP contribution in [0.25, 0.3) is 0 Å². The van der Waals surface area contributed by atoms with E-state index in [-0.39, 0.29) is 64.5 Å². The van der Waals surface area contributed by atoms with Crippen LogP contribution in [-0.4, -0.2) is 113 Å². The van der Waals surface area contributed by atoms with Crippen molar-refractivity contribution < 1.29 is 47.7 Å². The Labute approximate surface area is 431 Å². The van der Waals surface area contributed by atoms with E-state index < -0.39 is 11.8 Å². The van der Waals surface area contributed by atoms with Crippen molar-refractivity contribution in [3.05, 3.63) is 82.0 Å². The van der Waals surface area contributed by atoms with E-state index in [0.29, 0.717) is 113 Å². The number of fused-ring (bicyclic) bond motifs is 3. The van der Waals surface area contributed by atoms with Crippen LogP contribution in [0.2, 0.25) is 0 Å². The van der Waals surface area contributed by atoms with E-state index in [1.165, 1.54) is 23.6 Å². The Hall–Kier alpha value is -5.46. The highest BCUT2D eigenvalue weighted by Crippen LogP contribution is 2.73. The lowest BCUT2D eigenvalue weighted by Crippen LogP contribution is -2.45. The number of carbonyl (C=O) groups excluding carboxylic acids is 6. The Balaban J connectivity index is 0.661. The topological polar surface area (TPSA) is 182 Å². The molecule has 1 spiro atoms. The average Bonchev–Trinajstić information content (AvgIpc) is 3.88. The zero-order valence-electron chi connectivity index (χ0n) is 43.7. The predicted molar refractivity (Wildman–Crippen MR) is 279 cm³/mol. The number of nitrogens with zero attached hydrogens (tertiary/aromatic N) is 1. The first-order valence-corrected chi connectivity index (χ1v) is 26.9. The number of hydrogen-bond acceptors (Lipinski definition) is 12. The number of Topliss-reactive ketones (excluding diaryl/α,β-unsaturated/α-hetero) is 2. The number of ketones is 3. The first kappa shape index (κ1) is 53.8. The van der Waals surface area contributed by atoms with Gasteiger partial charge in [0.05, 0.1) is 32.0 Å². The number of imide groups is 1. The van der Waals surface area contributed by atoms with Gasteiger partial charge in [0.2, 0.25) is 17.7 Å². The summed E-state index contributed by atoms with van der Waals surface area (Å²) in [6.45, 7) is 11.6. The number of amides is 3.